The van der Waals surface area contributed by atoms with Crippen LogP contribution in [0.5, 0.6) is 0 Å². The number of aromatic nitrogens is 5. The molecule has 0 saturated heterocycles. The molecule has 2 aromatic heterocycles. The van der Waals surface area contributed by atoms with Crippen LogP contribution in [0.15, 0.2) is 11.0 Å². The number of hydrogen-bond acceptors (Lipinski definition) is 5. The maximum absolute atomic E-state index is 12.2. The minimum atomic E-state index is -0.135. The molecule has 0 spiro atoms. The molecule has 18 heavy (non-hydrogen) atoms. The van der Waals surface area contributed by atoms with Gasteiger partial charge in [0.15, 0.2) is 5.65 Å². The highest BCUT2D eigenvalue weighted by atomic mass is 16.1. The standard InChI is InChI=1S/C11H18N6O/c1-4-8(12-5-2)7-17-11(18)9-6-13-16(3)10(9)14-15-17/h6,8,12H,4-5,7H2,1-3H3. The molecular weight excluding hydrogens is 232 g/mol. The third-order valence-corrected chi connectivity index (χ3v) is 3.00. The molecule has 7 nitrogen and oxygen atoms in total. The normalized spacial score (nSPS) is 13.1. The lowest BCUT2D eigenvalue weighted by Crippen LogP contribution is -2.37. The van der Waals surface area contributed by atoms with Crippen LogP contribution in [0, 0.1) is 0 Å². The van der Waals surface area contributed by atoms with Gasteiger partial charge in [0.05, 0.1) is 12.7 Å². The zero-order valence-electron chi connectivity index (χ0n) is 10.9. The van der Waals surface area contributed by atoms with Crippen LogP contribution >= 0.6 is 0 Å². The Balaban J connectivity index is 2.34. The number of hydrogen-bond donors (Lipinski definition) is 1. The number of rotatable bonds is 5. The smallest absolute Gasteiger partial charge is 0.280 e. The van der Waals surface area contributed by atoms with Gasteiger partial charge >= 0.3 is 0 Å². The zero-order valence-corrected chi connectivity index (χ0v) is 10.9. The van der Waals surface area contributed by atoms with E-state index >= 15 is 0 Å². The van der Waals surface area contributed by atoms with Crippen molar-refractivity contribution in [2.45, 2.75) is 32.9 Å². The van der Waals surface area contributed by atoms with Gasteiger partial charge in [-0.05, 0) is 13.0 Å². The first kappa shape index (κ1) is 12.7. The lowest BCUT2D eigenvalue weighted by atomic mass is 10.2. The van der Waals surface area contributed by atoms with Crippen LogP contribution in [0.3, 0.4) is 0 Å². The number of fused-ring (bicyclic) bond motifs is 1. The second-order valence-electron chi connectivity index (χ2n) is 4.25. The quantitative estimate of drug-likeness (QED) is 0.802. The van der Waals surface area contributed by atoms with E-state index in [-0.39, 0.29) is 11.6 Å². The monoisotopic (exact) mass is 250 g/mol. The second kappa shape index (κ2) is 5.26. The average Bonchev–Trinajstić information content (AvgIpc) is 2.74. The molecule has 0 bridgehead atoms. The molecule has 0 amide bonds. The Labute approximate surface area is 105 Å². The number of nitrogens with one attached hydrogen (secondary N) is 1. The summed E-state index contributed by atoms with van der Waals surface area (Å²) >= 11 is 0. The first-order valence-corrected chi connectivity index (χ1v) is 6.16. The van der Waals surface area contributed by atoms with E-state index in [9.17, 15) is 4.79 Å². The second-order valence-corrected chi connectivity index (χ2v) is 4.25. The Morgan fingerprint density at radius 2 is 2.22 bits per heavy atom. The summed E-state index contributed by atoms with van der Waals surface area (Å²) in [7, 11) is 1.74. The molecule has 2 aromatic rings. The Kier molecular flexibility index (Phi) is 3.71. The minimum absolute atomic E-state index is 0.135. The third-order valence-electron chi connectivity index (χ3n) is 3.00. The molecule has 1 N–H and O–H groups in total. The van der Waals surface area contributed by atoms with Crippen molar-refractivity contribution in [3.8, 4) is 0 Å². The summed E-state index contributed by atoms with van der Waals surface area (Å²) < 4.78 is 2.95. The summed E-state index contributed by atoms with van der Waals surface area (Å²) in [5, 5.41) is 15.8. The van der Waals surface area contributed by atoms with Crippen LogP contribution in [0.1, 0.15) is 20.3 Å². The van der Waals surface area contributed by atoms with E-state index in [4.69, 9.17) is 0 Å². The largest absolute Gasteiger partial charge is 0.312 e. The highest BCUT2D eigenvalue weighted by Gasteiger charge is 2.12. The summed E-state index contributed by atoms with van der Waals surface area (Å²) in [6, 6.07) is 0.233. The fourth-order valence-corrected chi connectivity index (χ4v) is 1.93. The van der Waals surface area contributed by atoms with Gasteiger partial charge in [-0.3, -0.25) is 4.79 Å². The topological polar surface area (TPSA) is 77.6 Å². The van der Waals surface area contributed by atoms with Crippen molar-refractivity contribution in [1.29, 1.82) is 0 Å². The lowest BCUT2D eigenvalue weighted by Gasteiger charge is -2.15. The van der Waals surface area contributed by atoms with Gasteiger partial charge in [-0.1, -0.05) is 19.1 Å². The zero-order chi connectivity index (χ0) is 13.1. The van der Waals surface area contributed by atoms with Gasteiger partial charge in [-0.25, -0.2) is 9.36 Å². The van der Waals surface area contributed by atoms with Crippen LogP contribution < -0.4 is 10.9 Å². The Morgan fingerprint density at radius 3 is 2.89 bits per heavy atom. The van der Waals surface area contributed by atoms with Crippen molar-refractivity contribution in [2.24, 2.45) is 7.05 Å². The van der Waals surface area contributed by atoms with Crippen molar-refractivity contribution in [1.82, 2.24) is 30.1 Å². The van der Waals surface area contributed by atoms with Gasteiger partial charge in [0, 0.05) is 13.1 Å². The molecule has 0 aliphatic heterocycles. The molecule has 7 heteroatoms. The maximum Gasteiger partial charge on any atom is 0.280 e. The van der Waals surface area contributed by atoms with Crippen LogP contribution in [-0.4, -0.2) is 37.4 Å². The maximum atomic E-state index is 12.2. The molecule has 0 aliphatic carbocycles. The summed E-state index contributed by atoms with van der Waals surface area (Å²) in [5.41, 5.74) is 0.386. The van der Waals surface area contributed by atoms with Gasteiger partial charge in [-0.15, -0.1) is 5.10 Å². The molecule has 0 aromatic carbocycles. The number of aryl methyl sites for hydroxylation is 1. The van der Waals surface area contributed by atoms with E-state index in [1.807, 2.05) is 6.92 Å². The van der Waals surface area contributed by atoms with Crippen molar-refractivity contribution >= 4 is 11.0 Å². The van der Waals surface area contributed by atoms with Gasteiger partial charge in [0.25, 0.3) is 5.56 Å². The molecule has 2 rings (SSSR count). The molecule has 0 fully saturated rings. The van der Waals surface area contributed by atoms with Crippen molar-refractivity contribution in [2.75, 3.05) is 6.54 Å². The molecule has 2 heterocycles. The lowest BCUT2D eigenvalue weighted by molar-refractivity contribution is 0.404. The number of likely N-dealkylation sites (N-methyl/N-ethyl adjacent to an activating group) is 1. The van der Waals surface area contributed by atoms with Crippen molar-refractivity contribution in [3.63, 3.8) is 0 Å². The molecule has 0 aliphatic rings. The molecule has 1 unspecified atom stereocenters. The molecule has 0 saturated carbocycles. The Bertz CT molecular complexity index is 587. The minimum Gasteiger partial charge on any atom is -0.312 e. The van der Waals surface area contributed by atoms with E-state index in [1.165, 1.54) is 10.9 Å². The predicted molar refractivity (Wildman–Crippen MR) is 68.3 cm³/mol. The van der Waals surface area contributed by atoms with Crippen LogP contribution in [0.4, 0.5) is 0 Å². The van der Waals surface area contributed by atoms with E-state index in [0.29, 0.717) is 17.6 Å². The fourth-order valence-electron chi connectivity index (χ4n) is 1.93. The highest BCUT2D eigenvalue weighted by molar-refractivity contribution is 5.72. The fraction of sp³-hybridized carbons (Fsp3) is 0.636. The first-order chi connectivity index (χ1) is 8.67. The molecule has 98 valence electrons. The SMILES string of the molecule is CCNC(CC)Cn1nnc2c(cnn2C)c1=O. The summed E-state index contributed by atoms with van der Waals surface area (Å²) in [6.07, 6.45) is 2.48. The predicted octanol–water partition coefficient (Wildman–Crippen LogP) is -0.0869. The molecular formula is C11H18N6O. The van der Waals surface area contributed by atoms with Crippen molar-refractivity contribution < 1.29 is 0 Å². The summed E-state index contributed by atoms with van der Waals surface area (Å²) in [5.74, 6) is 0. The Hall–Kier alpha value is -1.76. The average molecular weight is 250 g/mol. The van der Waals surface area contributed by atoms with E-state index in [2.05, 4.69) is 27.7 Å². The van der Waals surface area contributed by atoms with E-state index in [1.54, 1.807) is 11.7 Å². The van der Waals surface area contributed by atoms with Gasteiger partial charge in [0.1, 0.15) is 5.39 Å². The highest BCUT2D eigenvalue weighted by Crippen LogP contribution is 2.02. The Morgan fingerprint density at radius 1 is 1.44 bits per heavy atom. The molecule has 1 atom stereocenters. The van der Waals surface area contributed by atoms with E-state index < -0.39 is 0 Å². The molecule has 0 radical (unpaired) electrons. The number of nitrogens with zero attached hydrogens (tertiary/aromatic N) is 5. The van der Waals surface area contributed by atoms with Crippen LogP contribution in [0.2, 0.25) is 0 Å². The van der Waals surface area contributed by atoms with Gasteiger partial charge < -0.3 is 5.32 Å². The van der Waals surface area contributed by atoms with Crippen molar-refractivity contribution in [3.05, 3.63) is 16.6 Å². The van der Waals surface area contributed by atoms with Gasteiger partial charge in [0.2, 0.25) is 0 Å². The first-order valence-electron chi connectivity index (χ1n) is 6.16. The summed E-state index contributed by atoms with van der Waals surface area (Å²) in [4.78, 5) is 12.2. The van der Waals surface area contributed by atoms with Gasteiger partial charge in [-0.2, -0.15) is 5.10 Å². The third kappa shape index (κ3) is 2.26. The van der Waals surface area contributed by atoms with Crippen LogP contribution in [-0.2, 0) is 13.6 Å². The summed E-state index contributed by atoms with van der Waals surface area (Å²) in [6.45, 7) is 5.52. The van der Waals surface area contributed by atoms with E-state index in [0.717, 1.165) is 13.0 Å². The van der Waals surface area contributed by atoms with Crippen LogP contribution in [0.25, 0.3) is 11.0 Å².